The van der Waals surface area contributed by atoms with Gasteiger partial charge in [-0.05, 0) is 56.6 Å². The highest BCUT2D eigenvalue weighted by Gasteiger charge is 2.16. The maximum Gasteiger partial charge on any atom is 0.240 e. The molecule has 0 unspecified atom stereocenters. The Morgan fingerprint density at radius 2 is 2.08 bits per heavy atom. The molecule has 2 rings (SSSR count). The van der Waals surface area contributed by atoms with Gasteiger partial charge in [0, 0.05) is 18.4 Å². The molecule has 1 aromatic rings. The molecule has 0 radical (unpaired) electrons. The zero-order chi connectivity index (χ0) is 17.6. The van der Waals surface area contributed by atoms with Gasteiger partial charge in [-0.2, -0.15) is 0 Å². The summed E-state index contributed by atoms with van der Waals surface area (Å²) >= 11 is 1.46. The van der Waals surface area contributed by atoms with Crippen molar-refractivity contribution in [3.8, 4) is 0 Å². The van der Waals surface area contributed by atoms with E-state index in [1.54, 1.807) is 12.1 Å². The van der Waals surface area contributed by atoms with Crippen molar-refractivity contribution >= 4 is 33.4 Å². The van der Waals surface area contributed by atoms with E-state index in [-0.39, 0.29) is 10.8 Å². The van der Waals surface area contributed by atoms with Gasteiger partial charge in [-0.3, -0.25) is 4.79 Å². The fourth-order valence-corrected chi connectivity index (χ4v) is 4.29. The number of carbonyl (C=O) groups excluding carboxylic acids is 1. The minimum absolute atomic E-state index is 0.168. The Labute approximate surface area is 148 Å². The van der Waals surface area contributed by atoms with Gasteiger partial charge in [-0.1, -0.05) is 11.6 Å². The number of carbonyl (C=O) groups is 1. The fourth-order valence-electron chi connectivity index (χ4n) is 2.70. The van der Waals surface area contributed by atoms with Crippen LogP contribution in [0, 0.1) is 0 Å². The molecular weight excluding hydrogens is 344 g/mol. The molecule has 0 fully saturated rings. The van der Waals surface area contributed by atoms with E-state index < -0.39 is 10.0 Å². The summed E-state index contributed by atoms with van der Waals surface area (Å²) in [6.45, 7) is 1.80. The van der Waals surface area contributed by atoms with Gasteiger partial charge >= 0.3 is 0 Å². The van der Waals surface area contributed by atoms with Crippen LogP contribution in [0.2, 0.25) is 0 Å². The van der Waals surface area contributed by atoms with Crippen LogP contribution in [0.15, 0.2) is 39.6 Å². The van der Waals surface area contributed by atoms with Crippen molar-refractivity contribution in [2.75, 3.05) is 18.1 Å². The molecule has 1 aliphatic carbocycles. The van der Waals surface area contributed by atoms with E-state index in [1.807, 2.05) is 6.26 Å². The molecule has 1 aliphatic rings. The normalized spacial score (nSPS) is 15.0. The van der Waals surface area contributed by atoms with Gasteiger partial charge in [-0.25, -0.2) is 13.1 Å². The first-order valence-electron chi connectivity index (χ1n) is 8.05. The number of hydrogen-bond acceptors (Lipinski definition) is 4. The second-order valence-electron chi connectivity index (χ2n) is 5.80. The maximum atomic E-state index is 12.5. The summed E-state index contributed by atoms with van der Waals surface area (Å²) in [6.07, 6.45) is 9.43. The van der Waals surface area contributed by atoms with Crippen LogP contribution in [0.25, 0.3) is 0 Å². The standard InChI is InChI=1S/C17H24N2O3S2/c1-13(20)19-16-12-15(8-9-17(16)23-2)24(21,22)18-11-10-14-6-4-3-5-7-14/h6,8-9,12,18H,3-5,7,10-11H2,1-2H3,(H,19,20). The average molecular weight is 369 g/mol. The minimum atomic E-state index is -3.58. The summed E-state index contributed by atoms with van der Waals surface area (Å²) in [7, 11) is -3.58. The van der Waals surface area contributed by atoms with Gasteiger partial charge in [0.15, 0.2) is 0 Å². The molecule has 2 N–H and O–H groups in total. The van der Waals surface area contributed by atoms with Crippen LogP contribution in [0.1, 0.15) is 39.0 Å². The third kappa shape index (κ3) is 5.36. The zero-order valence-corrected chi connectivity index (χ0v) is 15.7. The Kier molecular flexibility index (Phi) is 6.89. The lowest BCUT2D eigenvalue weighted by atomic mass is 9.97. The summed E-state index contributed by atoms with van der Waals surface area (Å²) < 4.78 is 27.6. The Morgan fingerprint density at radius 3 is 2.71 bits per heavy atom. The van der Waals surface area contributed by atoms with Gasteiger partial charge in [0.05, 0.1) is 10.6 Å². The predicted octanol–water partition coefficient (Wildman–Crippen LogP) is 3.54. The van der Waals surface area contributed by atoms with E-state index in [1.165, 1.54) is 43.2 Å². The van der Waals surface area contributed by atoms with E-state index in [0.717, 1.165) is 24.2 Å². The molecule has 0 saturated heterocycles. The molecule has 5 nitrogen and oxygen atoms in total. The van der Waals surface area contributed by atoms with Crippen LogP contribution < -0.4 is 10.0 Å². The number of hydrogen-bond donors (Lipinski definition) is 2. The summed E-state index contributed by atoms with van der Waals surface area (Å²) in [6, 6.07) is 4.79. The third-order valence-corrected chi connectivity index (χ3v) is 6.17. The van der Waals surface area contributed by atoms with Gasteiger partial charge in [-0.15, -0.1) is 11.8 Å². The van der Waals surface area contributed by atoms with E-state index in [2.05, 4.69) is 16.1 Å². The number of rotatable bonds is 7. The van der Waals surface area contributed by atoms with Crippen molar-refractivity contribution in [3.05, 3.63) is 29.8 Å². The Balaban J connectivity index is 2.07. The first kappa shape index (κ1) is 19.0. The number of nitrogens with one attached hydrogen (secondary N) is 2. The lowest BCUT2D eigenvalue weighted by Crippen LogP contribution is -2.25. The molecule has 0 aliphatic heterocycles. The highest BCUT2D eigenvalue weighted by atomic mass is 32.2. The smallest absolute Gasteiger partial charge is 0.240 e. The quantitative estimate of drug-likeness (QED) is 0.570. The molecule has 0 bridgehead atoms. The van der Waals surface area contributed by atoms with Crippen LogP contribution in [-0.2, 0) is 14.8 Å². The first-order valence-corrected chi connectivity index (χ1v) is 10.8. The summed E-state index contributed by atoms with van der Waals surface area (Å²) in [5, 5.41) is 2.68. The van der Waals surface area contributed by atoms with Gasteiger partial charge in [0.25, 0.3) is 0 Å². The minimum Gasteiger partial charge on any atom is -0.325 e. The zero-order valence-electron chi connectivity index (χ0n) is 14.1. The largest absolute Gasteiger partial charge is 0.325 e. The Bertz CT molecular complexity index is 727. The molecule has 132 valence electrons. The van der Waals surface area contributed by atoms with Crippen molar-refractivity contribution in [2.45, 2.75) is 48.8 Å². The Morgan fingerprint density at radius 1 is 1.29 bits per heavy atom. The van der Waals surface area contributed by atoms with Gasteiger partial charge in [0.2, 0.25) is 15.9 Å². The monoisotopic (exact) mass is 368 g/mol. The lowest BCUT2D eigenvalue weighted by molar-refractivity contribution is -0.114. The highest BCUT2D eigenvalue weighted by molar-refractivity contribution is 7.98. The van der Waals surface area contributed by atoms with E-state index in [0.29, 0.717) is 12.2 Å². The van der Waals surface area contributed by atoms with Crippen LogP contribution in [0.4, 0.5) is 5.69 Å². The second-order valence-corrected chi connectivity index (χ2v) is 8.41. The number of benzene rings is 1. The van der Waals surface area contributed by atoms with E-state index in [9.17, 15) is 13.2 Å². The van der Waals surface area contributed by atoms with Crippen LogP contribution >= 0.6 is 11.8 Å². The molecule has 0 atom stereocenters. The second kappa shape index (κ2) is 8.69. The van der Waals surface area contributed by atoms with Crippen LogP contribution in [-0.4, -0.2) is 27.1 Å². The predicted molar refractivity (Wildman–Crippen MR) is 98.9 cm³/mol. The molecule has 7 heteroatoms. The van der Waals surface area contributed by atoms with Gasteiger partial charge < -0.3 is 5.32 Å². The number of allylic oxidation sites excluding steroid dienone is 1. The van der Waals surface area contributed by atoms with Gasteiger partial charge in [0.1, 0.15) is 0 Å². The topological polar surface area (TPSA) is 75.3 Å². The number of anilines is 1. The van der Waals surface area contributed by atoms with Crippen molar-refractivity contribution < 1.29 is 13.2 Å². The number of sulfonamides is 1. The molecule has 24 heavy (non-hydrogen) atoms. The van der Waals surface area contributed by atoms with E-state index in [4.69, 9.17) is 0 Å². The molecular formula is C17H24N2O3S2. The molecule has 0 saturated carbocycles. The number of thioether (sulfide) groups is 1. The summed E-state index contributed by atoms with van der Waals surface area (Å²) in [5.41, 5.74) is 1.86. The number of amides is 1. The third-order valence-electron chi connectivity index (χ3n) is 3.92. The molecule has 1 aromatic carbocycles. The maximum absolute atomic E-state index is 12.5. The summed E-state index contributed by atoms with van der Waals surface area (Å²) in [4.78, 5) is 12.3. The van der Waals surface area contributed by atoms with Crippen molar-refractivity contribution in [2.24, 2.45) is 0 Å². The first-order chi connectivity index (χ1) is 11.4. The summed E-state index contributed by atoms with van der Waals surface area (Å²) in [5.74, 6) is -0.225. The lowest BCUT2D eigenvalue weighted by Gasteiger charge is -2.14. The average Bonchev–Trinajstić information content (AvgIpc) is 2.55. The Hall–Kier alpha value is -1.31. The van der Waals surface area contributed by atoms with Crippen molar-refractivity contribution in [1.29, 1.82) is 0 Å². The van der Waals surface area contributed by atoms with Crippen molar-refractivity contribution in [1.82, 2.24) is 4.72 Å². The molecule has 1 amide bonds. The van der Waals surface area contributed by atoms with Crippen molar-refractivity contribution in [3.63, 3.8) is 0 Å². The SMILES string of the molecule is CSc1ccc(S(=O)(=O)NCCC2=CCCCC2)cc1NC(C)=O. The van der Waals surface area contributed by atoms with Crippen LogP contribution in [0.5, 0.6) is 0 Å². The highest BCUT2D eigenvalue weighted by Crippen LogP contribution is 2.28. The molecule has 0 heterocycles. The van der Waals surface area contributed by atoms with Crippen LogP contribution in [0.3, 0.4) is 0 Å². The van der Waals surface area contributed by atoms with E-state index >= 15 is 0 Å². The fraction of sp³-hybridized carbons (Fsp3) is 0.471. The molecule has 0 spiro atoms. The molecule has 0 aromatic heterocycles.